The number of methoxy groups -OCH3 is 2. The van der Waals surface area contributed by atoms with Crippen LogP contribution < -0.4 is 24.8 Å². The molecule has 2 aromatic carbocycles. The molecule has 2 aromatic rings. The van der Waals surface area contributed by atoms with Crippen molar-refractivity contribution in [1.29, 1.82) is 0 Å². The number of amides is 2. The summed E-state index contributed by atoms with van der Waals surface area (Å²) in [5, 5.41) is 5.63. The van der Waals surface area contributed by atoms with Crippen LogP contribution in [0.25, 0.3) is 0 Å². The molecule has 0 aliphatic carbocycles. The number of rotatable bonds is 10. The van der Waals surface area contributed by atoms with Gasteiger partial charge in [-0.15, -0.1) is 0 Å². The second-order valence-corrected chi connectivity index (χ2v) is 7.63. The Hall–Kier alpha value is -2.93. The van der Waals surface area contributed by atoms with Crippen LogP contribution >= 0.6 is 0 Å². The molecule has 2 amide bonds. The maximum atomic E-state index is 12.1. The van der Waals surface area contributed by atoms with Gasteiger partial charge in [0.1, 0.15) is 17.2 Å². The number of carbonyl (C=O) groups excluding carboxylic acids is 1. The van der Waals surface area contributed by atoms with E-state index in [0.717, 1.165) is 12.3 Å². The van der Waals surface area contributed by atoms with E-state index in [1.54, 1.807) is 32.4 Å². The number of anilines is 1. The Bertz CT molecular complexity index is 837. The first-order valence-electron chi connectivity index (χ1n) is 10.9. The van der Waals surface area contributed by atoms with Gasteiger partial charge in [-0.05, 0) is 62.2 Å². The van der Waals surface area contributed by atoms with Crippen LogP contribution in [0.15, 0.2) is 42.5 Å². The molecule has 1 heterocycles. The molecule has 3 rings (SSSR count). The zero-order valence-corrected chi connectivity index (χ0v) is 18.5. The van der Waals surface area contributed by atoms with Gasteiger partial charge >= 0.3 is 6.03 Å². The Labute approximate surface area is 184 Å². The SMILES string of the molecule is COc1ccc(NC(=O)NCCCOc2cccc(CN3CCCCC3)c2)c(OC)c1. The fourth-order valence-electron chi connectivity index (χ4n) is 3.64. The van der Waals surface area contributed by atoms with Gasteiger partial charge in [0.2, 0.25) is 0 Å². The molecule has 1 aliphatic heterocycles. The van der Waals surface area contributed by atoms with Crippen molar-refractivity contribution in [2.75, 3.05) is 45.8 Å². The number of hydrogen-bond acceptors (Lipinski definition) is 5. The Morgan fingerprint density at radius 1 is 1.00 bits per heavy atom. The van der Waals surface area contributed by atoms with Gasteiger partial charge in [-0.2, -0.15) is 0 Å². The highest BCUT2D eigenvalue weighted by Gasteiger charge is 2.11. The number of hydrogen-bond donors (Lipinski definition) is 2. The van der Waals surface area contributed by atoms with E-state index in [9.17, 15) is 4.79 Å². The number of ether oxygens (including phenoxy) is 3. The van der Waals surface area contributed by atoms with Crippen LogP contribution in [-0.2, 0) is 6.54 Å². The van der Waals surface area contributed by atoms with Crippen molar-refractivity contribution in [3.8, 4) is 17.2 Å². The van der Waals surface area contributed by atoms with Gasteiger partial charge in [-0.1, -0.05) is 18.6 Å². The summed E-state index contributed by atoms with van der Waals surface area (Å²) < 4.78 is 16.3. The second-order valence-electron chi connectivity index (χ2n) is 7.63. The van der Waals surface area contributed by atoms with E-state index >= 15 is 0 Å². The molecule has 0 radical (unpaired) electrons. The summed E-state index contributed by atoms with van der Waals surface area (Å²) in [7, 11) is 3.14. The predicted octanol–water partition coefficient (Wildman–Crippen LogP) is 4.28. The summed E-state index contributed by atoms with van der Waals surface area (Å²) in [6.45, 7) is 4.40. The van der Waals surface area contributed by atoms with Crippen molar-refractivity contribution in [2.24, 2.45) is 0 Å². The molecular formula is C24H33N3O4. The molecule has 0 unspecified atom stereocenters. The van der Waals surface area contributed by atoms with Crippen molar-refractivity contribution >= 4 is 11.7 Å². The van der Waals surface area contributed by atoms with Crippen molar-refractivity contribution in [2.45, 2.75) is 32.2 Å². The molecular weight excluding hydrogens is 394 g/mol. The lowest BCUT2D eigenvalue weighted by Crippen LogP contribution is -2.30. The molecule has 7 heteroatoms. The maximum absolute atomic E-state index is 12.1. The normalized spacial score (nSPS) is 14.0. The Kier molecular flexibility index (Phi) is 8.84. The third-order valence-electron chi connectivity index (χ3n) is 5.29. The molecule has 1 fully saturated rings. The number of benzene rings is 2. The lowest BCUT2D eigenvalue weighted by molar-refractivity contribution is 0.220. The summed E-state index contributed by atoms with van der Waals surface area (Å²) in [6.07, 6.45) is 4.65. The van der Waals surface area contributed by atoms with Crippen LogP contribution in [0.5, 0.6) is 17.2 Å². The highest BCUT2D eigenvalue weighted by atomic mass is 16.5. The van der Waals surface area contributed by atoms with Crippen molar-refractivity contribution in [3.05, 3.63) is 48.0 Å². The third-order valence-corrected chi connectivity index (χ3v) is 5.29. The fraction of sp³-hybridized carbons (Fsp3) is 0.458. The fourth-order valence-corrected chi connectivity index (χ4v) is 3.64. The summed E-state index contributed by atoms with van der Waals surface area (Å²) in [5.41, 5.74) is 1.87. The van der Waals surface area contributed by atoms with Gasteiger partial charge in [0.25, 0.3) is 0 Å². The average Bonchev–Trinajstić information content (AvgIpc) is 2.80. The quantitative estimate of drug-likeness (QED) is 0.554. The molecule has 168 valence electrons. The molecule has 31 heavy (non-hydrogen) atoms. The number of carbonyl (C=O) groups is 1. The molecule has 0 aromatic heterocycles. The van der Waals surface area contributed by atoms with E-state index in [0.29, 0.717) is 36.8 Å². The molecule has 1 aliphatic rings. The van der Waals surface area contributed by atoms with Crippen LogP contribution in [0.3, 0.4) is 0 Å². The smallest absolute Gasteiger partial charge is 0.319 e. The summed E-state index contributed by atoms with van der Waals surface area (Å²) in [4.78, 5) is 14.7. The summed E-state index contributed by atoms with van der Waals surface area (Å²) in [6, 6.07) is 13.3. The molecule has 0 atom stereocenters. The molecule has 2 N–H and O–H groups in total. The third kappa shape index (κ3) is 7.36. The van der Waals surface area contributed by atoms with E-state index in [2.05, 4.69) is 27.7 Å². The Morgan fingerprint density at radius 3 is 2.61 bits per heavy atom. The monoisotopic (exact) mass is 427 g/mol. The molecule has 0 bridgehead atoms. The van der Waals surface area contributed by atoms with Crippen LogP contribution in [0, 0.1) is 0 Å². The van der Waals surface area contributed by atoms with Crippen LogP contribution in [0.2, 0.25) is 0 Å². The zero-order valence-electron chi connectivity index (χ0n) is 18.5. The zero-order chi connectivity index (χ0) is 21.9. The van der Waals surface area contributed by atoms with Gasteiger partial charge < -0.3 is 24.8 Å². The average molecular weight is 428 g/mol. The highest BCUT2D eigenvalue weighted by Crippen LogP contribution is 2.28. The van der Waals surface area contributed by atoms with Crippen molar-refractivity contribution < 1.29 is 19.0 Å². The first kappa shape index (κ1) is 22.7. The van der Waals surface area contributed by atoms with E-state index in [4.69, 9.17) is 14.2 Å². The molecule has 0 spiro atoms. The van der Waals surface area contributed by atoms with Crippen molar-refractivity contribution in [3.63, 3.8) is 0 Å². The number of urea groups is 1. The second kappa shape index (κ2) is 12.1. The van der Waals surface area contributed by atoms with Crippen molar-refractivity contribution in [1.82, 2.24) is 10.2 Å². The van der Waals surface area contributed by atoms with Gasteiger partial charge in [-0.25, -0.2) is 4.79 Å². The van der Waals surface area contributed by atoms with Gasteiger partial charge in [-0.3, -0.25) is 4.90 Å². The number of piperidine rings is 1. The minimum Gasteiger partial charge on any atom is -0.497 e. The topological polar surface area (TPSA) is 72.1 Å². The number of nitrogens with zero attached hydrogens (tertiary/aromatic N) is 1. The number of nitrogens with one attached hydrogen (secondary N) is 2. The standard InChI is InChI=1S/C24H33N3O4/c1-29-20-10-11-22(23(17-20)30-2)26-24(28)25-12-7-15-31-21-9-6-8-19(16-21)18-27-13-4-3-5-14-27/h6,8-11,16-17H,3-5,7,12-15,18H2,1-2H3,(H2,25,26,28). The minimum absolute atomic E-state index is 0.285. The molecule has 0 saturated carbocycles. The lowest BCUT2D eigenvalue weighted by atomic mass is 10.1. The lowest BCUT2D eigenvalue weighted by Gasteiger charge is -2.26. The van der Waals surface area contributed by atoms with Gasteiger partial charge in [0, 0.05) is 19.2 Å². The summed E-state index contributed by atoms with van der Waals surface area (Å²) in [5.74, 6) is 2.09. The van der Waals surface area contributed by atoms with E-state index in [-0.39, 0.29) is 6.03 Å². The van der Waals surface area contributed by atoms with Gasteiger partial charge in [0.15, 0.2) is 0 Å². The number of likely N-dealkylation sites (tertiary alicyclic amines) is 1. The van der Waals surface area contributed by atoms with E-state index < -0.39 is 0 Å². The predicted molar refractivity (Wildman–Crippen MR) is 122 cm³/mol. The first-order chi connectivity index (χ1) is 15.2. The minimum atomic E-state index is -0.285. The Morgan fingerprint density at radius 2 is 1.84 bits per heavy atom. The van der Waals surface area contributed by atoms with E-state index in [1.807, 2.05) is 12.1 Å². The van der Waals surface area contributed by atoms with Crippen LogP contribution in [-0.4, -0.2) is 51.4 Å². The van der Waals surface area contributed by atoms with Gasteiger partial charge in [0.05, 0.1) is 26.5 Å². The Balaban J connectivity index is 1.36. The summed E-state index contributed by atoms with van der Waals surface area (Å²) >= 11 is 0. The molecule has 1 saturated heterocycles. The molecule has 7 nitrogen and oxygen atoms in total. The van der Waals surface area contributed by atoms with Crippen LogP contribution in [0.4, 0.5) is 10.5 Å². The van der Waals surface area contributed by atoms with Crippen LogP contribution in [0.1, 0.15) is 31.2 Å². The van der Waals surface area contributed by atoms with E-state index in [1.165, 1.54) is 37.9 Å². The largest absolute Gasteiger partial charge is 0.497 e. The first-order valence-corrected chi connectivity index (χ1v) is 10.9. The highest BCUT2D eigenvalue weighted by molar-refractivity contribution is 5.91. The maximum Gasteiger partial charge on any atom is 0.319 e.